The van der Waals surface area contributed by atoms with E-state index in [-0.39, 0.29) is 35.9 Å². The molecule has 3 fully saturated rings. The molecule has 4 amide bonds. The van der Waals surface area contributed by atoms with Gasteiger partial charge in [0, 0.05) is 18.4 Å². The number of alkyl halides is 3. The van der Waals surface area contributed by atoms with Crippen molar-refractivity contribution < 1.29 is 55.3 Å². The Labute approximate surface area is 322 Å². The first-order valence-corrected chi connectivity index (χ1v) is 20.4. The maximum absolute atomic E-state index is 14.5. The Hall–Kier alpha value is -4.68. The Kier molecular flexibility index (Phi) is 11.5. The van der Waals surface area contributed by atoms with E-state index in [1.807, 2.05) is 13.0 Å². The summed E-state index contributed by atoms with van der Waals surface area (Å²) in [7, 11) is -4.01. The molecule has 2 saturated carbocycles. The van der Waals surface area contributed by atoms with E-state index < -0.39 is 98.9 Å². The quantitative estimate of drug-likeness (QED) is 0.263. The van der Waals surface area contributed by atoms with Crippen LogP contribution < -0.4 is 24.8 Å². The zero-order chi connectivity index (χ0) is 40.7. The number of aromatic nitrogens is 2. The SMILES string of the molecule is CC[C@@H]1C[C@H](C)CCC=C[C@@H]2C[C@@]2(C(=O)NS(=O)(=O)C2CC2)NC(=O)[C@@H]2C[C@@H](Oc3nc4cc(OC(C)C)ccc4nc3C(F)(F)F)CN2C(=O)[C@H]1NC(=O)O. The van der Waals surface area contributed by atoms with Gasteiger partial charge in [-0.2, -0.15) is 13.2 Å². The molecule has 6 rings (SSSR count). The van der Waals surface area contributed by atoms with Crippen molar-refractivity contribution in [2.24, 2.45) is 17.8 Å². The summed E-state index contributed by atoms with van der Waals surface area (Å²) >= 11 is 0. The van der Waals surface area contributed by atoms with Gasteiger partial charge >= 0.3 is 12.3 Å². The summed E-state index contributed by atoms with van der Waals surface area (Å²) in [5.41, 5.74) is -3.19. The number of fused-ring (bicyclic) bond motifs is 3. The number of allylic oxidation sites excluding steroid dienone is 1. The van der Waals surface area contributed by atoms with Crippen LogP contribution in [0.1, 0.15) is 84.8 Å². The first kappa shape index (κ1) is 41.0. The number of nitrogens with one attached hydrogen (secondary N) is 3. The fourth-order valence-electron chi connectivity index (χ4n) is 7.64. The molecule has 3 heterocycles. The molecule has 2 aliphatic carbocycles. The fraction of sp³-hybridized carbons (Fsp3) is 0.622. The van der Waals surface area contributed by atoms with Crippen LogP contribution in [-0.2, 0) is 30.6 Å². The van der Waals surface area contributed by atoms with E-state index in [0.717, 1.165) is 4.90 Å². The highest BCUT2D eigenvalue weighted by Gasteiger charge is 2.62. The first-order valence-electron chi connectivity index (χ1n) is 18.9. The number of nitrogens with zero attached hydrogens (tertiary/aromatic N) is 3. The molecule has 2 aliphatic heterocycles. The predicted molar refractivity (Wildman–Crippen MR) is 195 cm³/mol. The zero-order valence-corrected chi connectivity index (χ0v) is 32.3. The molecule has 0 bridgehead atoms. The molecule has 306 valence electrons. The lowest BCUT2D eigenvalue weighted by molar-refractivity contribution is -0.143. The molecule has 2 aromatic rings. The predicted octanol–water partition coefficient (Wildman–Crippen LogP) is 4.31. The molecule has 0 unspecified atom stereocenters. The number of halogens is 3. The highest BCUT2D eigenvalue weighted by atomic mass is 32.2. The van der Waals surface area contributed by atoms with Crippen LogP contribution in [-0.4, -0.2) is 93.8 Å². The van der Waals surface area contributed by atoms with Crippen LogP contribution in [0.4, 0.5) is 18.0 Å². The van der Waals surface area contributed by atoms with Gasteiger partial charge in [-0.25, -0.2) is 23.2 Å². The number of carbonyl (C=O) groups excluding carboxylic acids is 3. The monoisotopic (exact) mass is 808 g/mol. The average molecular weight is 809 g/mol. The maximum atomic E-state index is 14.5. The summed E-state index contributed by atoms with van der Waals surface area (Å²) in [6.45, 7) is 6.86. The van der Waals surface area contributed by atoms with Crippen LogP contribution in [0.25, 0.3) is 11.0 Å². The van der Waals surface area contributed by atoms with Crippen LogP contribution in [0.5, 0.6) is 11.6 Å². The lowest BCUT2D eigenvalue weighted by Crippen LogP contribution is -2.59. The van der Waals surface area contributed by atoms with Gasteiger partial charge in [0.25, 0.3) is 5.91 Å². The van der Waals surface area contributed by atoms with Gasteiger partial charge in [-0.15, -0.1) is 0 Å². The highest BCUT2D eigenvalue weighted by Crippen LogP contribution is 2.46. The van der Waals surface area contributed by atoms with Crippen molar-refractivity contribution in [2.45, 2.75) is 120 Å². The summed E-state index contributed by atoms with van der Waals surface area (Å²) in [6.07, 6.45) is -1.94. The van der Waals surface area contributed by atoms with Crippen molar-refractivity contribution in [1.29, 1.82) is 0 Å². The normalized spacial score (nSPS) is 28.8. The topological polar surface area (TPSA) is 206 Å². The van der Waals surface area contributed by atoms with E-state index in [1.165, 1.54) is 18.2 Å². The number of carboxylic acid groups (broad SMARTS) is 1. The molecular weight excluding hydrogens is 762 g/mol. The standard InChI is InChI=1S/C37H47F3N6O9S/c1-5-21-14-20(4)8-6-7-9-22-17-36(22,34(49)45-56(52,53)25-11-12-25)44-31(47)28-16-24(18-46(28)33(48)29(21)43-35(50)51)55-32-30(37(38,39)40)41-26-13-10-23(54-19(2)3)15-27(26)42-32/h7,9-10,13,15,19-22,24-25,28-29,43H,5-6,8,11-12,14,16-18H2,1-4H3,(H,44,47)(H,45,49)(H,50,51)/t20-,21-,22-,24-,28+,29+,36-/m1/s1. The average Bonchev–Trinajstić information content (AvgIpc) is 4.03. The van der Waals surface area contributed by atoms with Gasteiger partial charge < -0.3 is 30.1 Å². The molecule has 0 spiro atoms. The lowest BCUT2D eigenvalue weighted by Gasteiger charge is -2.33. The Bertz CT molecular complexity index is 2010. The zero-order valence-electron chi connectivity index (χ0n) is 31.5. The molecule has 1 saturated heterocycles. The number of hydrogen-bond acceptors (Lipinski definition) is 10. The van der Waals surface area contributed by atoms with Gasteiger partial charge in [-0.05, 0) is 76.3 Å². The van der Waals surface area contributed by atoms with Crippen LogP contribution in [0, 0.1) is 17.8 Å². The van der Waals surface area contributed by atoms with Gasteiger partial charge in [0.05, 0.1) is 28.9 Å². The minimum atomic E-state index is -5.02. The molecule has 15 nitrogen and oxygen atoms in total. The Morgan fingerprint density at radius 2 is 1.86 bits per heavy atom. The Morgan fingerprint density at radius 1 is 1.12 bits per heavy atom. The molecule has 7 atom stereocenters. The van der Waals surface area contributed by atoms with Gasteiger partial charge in [-0.1, -0.05) is 32.4 Å². The molecule has 1 aromatic carbocycles. The third kappa shape index (κ3) is 8.97. The molecular formula is C37H47F3N6O9S. The second kappa shape index (κ2) is 15.7. The molecule has 1 aromatic heterocycles. The minimum absolute atomic E-state index is 0.0144. The smallest absolute Gasteiger partial charge is 0.438 e. The summed E-state index contributed by atoms with van der Waals surface area (Å²) in [5.74, 6) is -4.29. The summed E-state index contributed by atoms with van der Waals surface area (Å²) in [4.78, 5) is 63.6. The summed E-state index contributed by atoms with van der Waals surface area (Å²) in [5, 5.41) is 14.1. The first-order chi connectivity index (χ1) is 26.3. The van der Waals surface area contributed by atoms with E-state index in [4.69, 9.17) is 9.47 Å². The van der Waals surface area contributed by atoms with Crippen molar-refractivity contribution in [3.63, 3.8) is 0 Å². The summed E-state index contributed by atoms with van der Waals surface area (Å²) < 4.78 is 82.6. The second-order valence-corrected chi connectivity index (χ2v) is 17.5. The van der Waals surface area contributed by atoms with Crippen molar-refractivity contribution in [3.8, 4) is 11.6 Å². The van der Waals surface area contributed by atoms with E-state index in [0.29, 0.717) is 44.3 Å². The van der Waals surface area contributed by atoms with Gasteiger partial charge in [0.15, 0.2) is 0 Å². The molecule has 4 aliphatic rings. The number of amides is 4. The molecule has 4 N–H and O–H groups in total. The van der Waals surface area contributed by atoms with E-state index in [9.17, 15) is 45.9 Å². The number of benzene rings is 1. The van der Waals surface area contributed by atoms with Crippen LogP contribution >= 0.6 is 0 Å². The Balaban J connectivity index is 1.38. The lowest BCUT2D eigenvalue weighted by atomic mass is 9.85. The van der Waals surface area contributed by atoms with E-state index in [2.05, 4.69) is 25.3 Å². The van der Waals surface area contributed by atoms with Crippen molar-refractivity contribution in [3.05, 3.63) is 36.0 Å². The Morgan fingerprint density at radius 3 is 2.50 bits per heavy atom. The van der Waals surface area contributed by atoms with Gasteiger partial charge in [0.1, 0.15) is 29.5 Å². The molecule has 56 heavy (non-hydrogen) atoms. The second-order valence-electron chi connectivity index (χ2n) is 15.6. The van der Waals surface area contributed by atoms with Crippen LogP contribution in [0.3, 0.4) is 0 Å². The molecule has 19 heteroatoms. The van der Waals surface area contributed by atoms with Crippen LogP contribution in [0.2, 0.25) is 0 Å². The van der Waals surface area contributed by atoms with Gasteiger partial charge in [-0.3, -0.25) is 19.1 Å². The van der Waals surface area contributed by atoms with E-state index in [1.54, 1.807) is 26.8 Å². The molecule has 0 radical (unpaired) electrons. The summed E-state index contributed by atoms with van der Waals surface area (Å²) in [6, 6.07) is 1.40. The van der Waals surface area contributed by atoms with Crippen molar-refractivity contribution in [2.75, 3.05) is 6.54 Å². The number of ether oxygens (including phenoxy) is 2. The fourth-order valence-corrected chi connectivity index (χ4v) is 9.00. The third-order valence-corrected chi connectivity index (χ3v) is 12.6. The van der Waals surface area contributed by atoms with E-state index >= 15 is 0 Å². The number of sulfonamides is 1. The largest absolute Gasteiger partial charge is 0.491 e. The number of rotatable bonds is 9. The highest BCUT2D eigenvalue weighted by molar-refractivity contribution is 7.91. The van der Waals surface area contributed by atoms with Crippen LogP contribution in [0.15, 0.2) is 30.4 Å². The van der Waals surface area contributed by atoms with Crippen molar-refractivity contribution in [1.82, 2.24) is 30.2 Å². The third-order valence-electron chi connectivity index (χ3n) is 10.8. The van der Waals surface area contributed by atoms with Gasteiger partial charge in [0.2, 0.25) is 33.4 Å². The number of hydrogen-bond donors (Lipinski definition) is 4. The number of carbonyl (C=O) groups is 4. The van der Waals surface area contributed by atoms with Crippen molar-refractivity contribution >= 4 is 44.9 Å². The minimum Gasteiger partial charge on any atom is -0.491 e. The maximum Gasteiger partial charge on any atom is 0.438 e.